The summed E-state index contributed by atoms with van der Waals surface area (Å²) in [5.41, 5.74) is 0. The lowest BCUT2D eigenvalue weighted by Crippen LogP contribution is -1.95. The highest BCUT2D eigenvalue weighted by molar-refractivity contribution is 5.53. The molecular weight excluding hydrogens is 256 g/mol. The number of hydrogen-bond acceptors (Lipinski definition) is 6. The van der Waals surface area contributed by atoms with E-state index in [0.717, 1.165) is 0 Å². The third kappa shape index (κ3) is 454. The van der Waals surface area contributed by atoms with Gasteiger partial charge < -0.3 is 20.4 Å². The Kier molecular flexibility index (Phi) is 29.1. The van der Waals surface area contributed by atoms with E-state index in [1.807, 2.05) is 0 Å². The van der Waals surface area contributed by atoms with Crippen molar-refractivity contribution < 1.29 is 50.3 Å². The van der Waals surface area contributed by atoms with E-state index in [9.17, 15) is 0 Å². The van der Waals surface area contributed by atoms with Gasteiger partial charge in [0.1, 0.15) is 0 Å². The predicted octanol–water partition coefficient (Wildman–Crippen LogP) is 2.21. The summed E-state index contributed by atoms with van der Waals surface area (Å²) in [6.07, 6.45) is -3.79. The molecule has 112 valence electrons. The standard InChI is InChI=1S/2C3H8O2.2CH2O3/c2*1-3(2)5-4;2*2-1(3)4/h2*3-4H,1-2H3;2*(H2,2,3,4). The summed E-state index contributed by atoms with van der Waals surface area (Å²) in [7, 11) is 0. The van der Waals surface area contributed by atoms with Crippen LogP contribution in [-0.4, -0.2) is 55.5 Å². The van der Waals surface area contributed by atoms with E-state index in [-0.39, 0.29) is 12.2 Å². The molecule has 0 aliphatic rings. The van der Waals surface area contributed by atoms with Crippen LogP contribution in [-0.2, 0) is 9.78 Å². The predicted molar refractivity (Wildman–Crippen MR) is 59.0 cm³/mol. The van der Waals surface area contributed by atoms with E-state index >= 15 is 0 Å². The molecule has 10 heteroatoms. The molecule has 0 aromatic rings. The minimum absolute atomic E-state index is 0.0602. The molecule has 0 heterocycles. The molecular formula is C8H20O10. The van der Waals surface area contributed by atoms with Crippen LogP contribution in [0.5, 0.6) is 0 Å². The highest BCUT2D eigenvalue weighted by atomic mass is 17.1. The van der Waals surface area contributed by atoms with Crippen molar-refractivity contribution in [3.63, 3.8) is 0 Å². The first-order valence-electron chi connectivity index (χ1n) is 4.45. The Bertz CT molecular complexity index is 151. The van der Waals surface area contributed by atoms with Crippen LogP contribution in [0.2, 0.25) is 0 Å². The van der Waals surface area contributed by atoms with Gasteiger partial charge in [-0.3, -0.25) is 10.5 Å². The van der Waals surface area contributed by atoms with E-state index in [4.69, 9.17) is 40.5 Å². The maximum atomic E-state index is 8.56. The lowest BCUT2D eigenvalue weighted by atomic mass is 10.5. The van der Waals surface area contributed by atoms with Crippen molar-refractivity contribution in [1.82, 2.24) is 0 Å². The zero-order valence-electron chi connectivity index (χ0n) is 10.5. The molecule has 0 aliphatic carbocycles. The molecule has 0 saturated heterocycles. The monoisotopic (exact) mass is 276 g/mol. The van der Waals surface area contributed by atoms with Crippen molar-refractivity contribution in [3.05, 3.63) is 0 Å². The van der Waals surface area contributed by atoms with Crippen molar-refractivity contribution in [2.45, 2.75) is 39.9 Å². The molecule has 0 atom stereocenters. The van der Waals surface area contributed by atoms with Crippen molar-refractivity contribution in [2.24, 2.45) is 0 Å². The highest BCUT2D eigenvalue weighted by Gasteiger charge is 1.82. The van der Waals surface area contributed by atoms with Gasteiger partial charge in [0, 0.05) is 0 Å². The van der Waals surface area contributed by atoms with Crippen LogP contribution in [0, 0.1) is 0 Å². The first kappa shape index (κ1) is 25.3. The molecule has 0 amide bonds. The summed E-state index contributed by atoms with van der Waals surface area (Å²) >= 11 is 0. The lowest BCUT2D eigenvalue weighted by molar-refractivity contribution is -0.269. The minimum Gasteiger partial charge on any atom is -0.450 e. The quantitative estimate of drug-likeness (QED) is 0.324. The van der Waals surface area contributed by atoms with E-state index in [0.29, 0.717) is 0 Å². The molecule has 0 bridgehead atoms. The number of rotatable bonds is 2. The second-order valence-electron chi connectivity index (χ2n) is 2.87. The molecule has 10 nitrogen and oxygen atoms in total. The topological polar surface area (TPSA) is 174 Å². The molecule has 0 radical (unpaired) electrons. The Balaban J connectivity index is -0.0000000731. The van der Waals surface area contributed by atoms with Gasteiger partial charge in [-0.1, -0.05) is 0 Å². The van der Waals surface area contributed by atoms with E-state index in [1.54, 1.807) is 27.7 Å². The Morgan fingerprint density at radius 2 is 0.778 bits per heavy atom. The molecule has 0 rings (SSSR count). The van der Waals surface area contributed by atoms with Crippen LogP contribution in [0.25, 0.3) is 0 Å². The van der Waals surface area contributed by atoms with Crippen LogP contribution >= 0.6 is 0 Å². The van der Waals surface area contributed by atoms with Crippen LogP contribution < -0.4 is 0 Å². The van der Waals surface area contributed by atoms with Crippen LogP contribution in [0.1, 0.15) is 27.7 Å². The van der Waals surface area contributed by atoms with Crippen LogP contribution in [0.3, 0.4) is 0 Å². The molecule has 6 N–H and O–H groups in total. The minimum atomic E-state index is -1.83. The molecule has 18 heavy (non-hydrogen) atoms. The lowest BCUT2D eigenvalue weighted by Gasteiger charge is -1.91. The first-order chi connectivity index (χ1) is 8.00. The highest BCUT2D eigenvalue weighted by Crippen LogP contribution is 1.77. The van der Waals surface area contributed by atoms with Crippen LogP contribution in [0.4, 0.5) is 9.59 Å². The normalized spacial score (nSPS) is 8.00. The van der Waals surface area contributed by atoms with E-state index in [1.165, 1.54) is 0 Å². The van der Waals surface area contributed by atoms with Crippen molar-refractivity contribution in [3.8, 4) is 0 Å². The van der Waals surface area contributed by atoms with Crippen molar-refractivity contribution in [1.29, 1.82) is 0 Å². The van der Waals surface area contributed by atoms with Gasteiger partial charge in [0.25, 0.3) is 0 Å². The van der Waals surface area contributed by atoms with Crippen molar-refractivity contribution >= 4 is 12.3 Å². The maximum absolute atomic E-state index is 8.56. The number of carboxylic acid groups (broad SMARTS) is 4. The molecule has 0 aliphatic heterocycles. The van der Waals surface area contributed by atoms with Gasteiger partial charge in [-0.05, 0) is 27.7 Å². The molecule has 0 spiro atoms. The second-order valence-corrected chi connectivity index (χ2v) is 2.87. The zero-order chi connectivity index (χ0) is 15.7. The van der Waals surface area contributed by atoms with E-state index < -0.39 is 12.3 Å². The van der Waals surface area contributed by atoms with Gasteiger partial charge in [0.2, 0.25) is 0 Å². The molecule has 0 fully saturated rings. The summed E-state index contributed by atoms with van der Waals surface area (Å²) in [6, 6.07) is 0. The summed E-state index contributed by atoms with van der Waals surface area (Å²) in [5.74, 6) is 0. The molecule has 0 aromatic carbocycles. The van der Waals surface area contributed by atoms with Gasteiger partial charge in [0.15, 0.2) is 0 Å². The van der Waals surface area contributed by atoms with Gasteiger partial charge in [-0.2, -0.15) is 0 Å². The smallest absolute Gasteiger partial charge is 0.450 e. The fourth-order valence-electron chi connectivity index (χ4n) is 0. The maximum Gasteiger partial charge on any atom is 0.503 e. The fraction of sp³-hybridized carbons (Fsp3) is 0.750. The SMILES string of the molecule is CC(C)OO.CC(C)OO.O=C(O)O.O=C(O)O. The zero-order valence-corrected chi connectivity index (χ0v) is 10.5. The van der Waals surface area contributed by atoms with Crippen molar-refractivity contribution in [2.75, 3.05) is 0 Å². The van der Waals surface area contributed by atoms with Gasteiger partial charge >= 0.3 is 12.3 Å². The summed E-state index contributed by atoms with van der Waals surface area (Å²) in [6.45, 7) is 7.00. The average Bonchev–Trinajstić information content (AvgIpc) is 2.16. The Labute approximate surface area is 103 Å². The Morgan fingerprint density at radius 3 is 0.778 bits per heavy atom. The summed E-state index contributed by atoms with van der Waals surface area (Å²) in [5, 5.41) is 43.2. The molecule has 0 saturated carbocycles. The number of carbonyl (C=O) groups is 2. The summed E-state index contributed by atoms with van der Waals surface area (Å²) < 4.78 is 0. The third-order valence-electron chi connectivity index (χ3n) is 0.422. The van der Waals surface area contributed by atoms with Gasteiger partial charge in [-0.25, -0.2) is 19.4 Å². The summed E-state index contributed by atoms with van der Waals surface area (Å²) in [4.78, 5) is 24.6. The van der Waals surface area contributed by atoms with E-state index in [2.05, 4.69) is 9.78 Å². The Morgan fingerprint density at radius 1 is 0.722 bits per heavy atom. The van der Waals surface area contributed by atoms with Crippen LogP contribution in [0.15, 0.2) is 0 Å². The largest absolute Gasteiger partial charge is 0.503 e. The second kappa shape index (κ2) is 20.8. The average molecular weight is 276 g/mol. The fourth-order valence-corrected chi connectivity index (χ4v) is 0. The number of hydrogen-bond donors (Lipinski definition) is 6. The molecule has 0 aromatic heterocycles. The van der Waals surface area contributed by atoms with Gasteiger partial charge in [0.05, 0.1) is 12.2 Å². The Hall–Kier alpha value is -1.62. The van der Waals surface area contributed by atoms with Gasteiger partial charge in [-0.15, -0.1) is 0 Å². The molecule has 0 unspecified atom stereocenters. The third-order valence-corrected chi connectivity index (χ3v) is 0.422. The first-order valence-corrected chi connectivity index (χ1v) is 4.45.